The molecule has 0 unspecified atom stereocenters. The first-order valence-corrected chi connectivity index (χ1v) is 17.1. The maximum atomic E-state index is 14.0. The van der Waals surface area contributed by atoms with E-state index in [2.05, 4.69) is 34.9 Å². The van der Waals surface area contributed by atoms with Gasteiger partial charge in [0.05, 0.1) is 11.8 Å². The minimum atomic E-state index is -0.648. The van der Waals surface area contributed by atoms with Gasteiger partial charge in [0.1, 0.15) is 23.3 Å². The minimum Gasteiger partial charge on any atom is -0.458 e. The molecule has 2 N–H and O–H groups in total. The topological polar surface area (TPSA) is 134 Å². The molecule has 6 rings (SSSR count). The van der Waals surface area contributed by atoms with E-state index in [1.165, 1.54) is 0 Å². The van der Waals surface area contributed by atoms with Gasteiger partial charge in [0.15, 0.2) is 0 Å². The number of hydrogen-bond acceptors (Lipinski definition) is 7. The number of likely N-dealkylation sites (tertiary alicyclic amines) is 2. The molecular formula is C35H50N4O7. The van der Waals surface area contributed by atoms with E-state index in [1.807, 2.05) is 41.5 Å². The summed E-state index contributed by atoms with van der Waals surface area (Å²) in [5.41, 5.74) is -1.30. The third-order valence-electron chi connectivity index (χ3n) is 10.5. The fraction of sp³-hybridized carbons (Fsp3) is 0.743. The van der Waals surface area contributed by atoms with Crippen LogP contribution in [0.15, 0.2) is 24.3 Å². The fourth-order valence-electron chi connectivity index (χ4n) is 8.73. The number of rotatable bonds is 6. The van der Waals surface area contributed by atoms with Gasteiger partial charge in [0.2, 0.25) is 11.8 Å². The molecule has 2 heterocycles. The standard InChI is InChI=1S/C35H50N4O7/c1-34(2,3)45-31(42)23-9-7-15-38(23)29(40)25-19-11-13-21(17-19)27(25)36-33(44)37-28-22-14-12-20(18-22)26(28)30(41)39-16-8-10-24(39)32(43)46-35(4,5)6/h11-14,19-28H,7-10,15-18H2,1-6H3,(H2,36,37,44)/t19-,20-,21+,22+,23+,24+,25-,26-,27+,28+/m1/s1. The quantitative estimate of drug-likeness (QED) is 0.337. The molecule has 4 bridgehead atoms. The number of hydrogen-bond donors (Lipinski definition) is 2. The fourth-order valence-corrected chi connectivity index (χ4v) is 8.73. The van der Waals surface area contributed by atoms with Crippen molar-refractivity contribution in [1.82, 2.24) is 20.4 Å². The summed E-state index contributed by atoms with van der Waals surface area (Å²) in [7, 11) is 0. The Kier molecular flexibility index (Phi) is 8.51. The van der Waals surface area contributed by atoms with Gasteiger partial charge in [-0.1, -0.05) is 24.3 Å². The first kappa shape index (κ1) is 32.6. The van der Waals surface area contributed by atoms with Crippen molar-refractivity contribution in [3.05, 3.63) is 24.3 Å². The third kappa shape index (κ3) is 6.30. The summed E-state index contributed by atoms with van der Waals surface area (Å²) in [6, 6.07) is -2.47. The Morgan fingerprint density at radius 1 is 0.609 bits per heavy atom. The summed E-state index contributed by atoms with van der Waals surface area (Å²) in [6.45, 7) is 11.9. The van der Waals surface area contributed by atoms with Gasteiger partial charge in [-0.3, -0.25) is 9.59 Å². The SMILES string of the molecule is CC(C)(C)OC(=O)[C@@H]1CCCN1C(=O)[C@H]1[C@@H](NC(=O)N[C@@H]2[C@H](C(=O)N3CCC[C@H]3C(=O)OC(C)(C)C)[C@@H]3C=C[C@H]2C3)[C@H]2C=C[C@@H]1C2. The molecule has 2 saturated heterocycles. The molecule has 0 spiro atoms. The Morgan fingerprint density at radius 3 is 1.35 bits per heavy atom. The number of esters is 2. The molecule has 11 heteroatoms. The first-order chi connectivity index (χ1) is 21.6. The maximum Gasteiger partial charge on any atom is 0.329 e. The number of fused-ring (bicyclic) bond motifs is 4. The van der Waals surface area contributed by atoms with E-state index < -0.39 is 53.2 Å². The van der Waals surface area contributed by atoms with E-state index in [-0.39, 0.29) is 47.4 Å². The second kappa shape index (κ2) is 12.0. The molecule has 0 radical (unpaired) electrons. The maximum absolute atomic E-state index is 14.0. The third-order valence-corrected chi connectivity index (χ3v) is 10.5. The van der Waals surface area contributed by atoms with Gasteiger partial charge < -0.3 is 29.9 Å². The van der Waals surface area contributed by atoms with E-state index in [4.69, 9.17) is 9.47 Å². The van der Waals surface area contributed by atoms with Crippen LogP contribution in [-0.2, 0) is 28.7 Å². The number of nitrogens with one attached hydrogen (secondary N) is 2. The normalized spacial score (nSPS) is 36.0. The summed E-state index contributed by atoms with van der Waals surface area (Å²) in [4.78, 5) is 71.1. The highest BCUT2D eigenvalue weighted by atomic mass is 16.6. The summed E-state index contributed by atoms with van der Waals surface area (Å²) in [6.07, 6.45) is 12.4. The van der Waals surface area contributed by atoms with E-state index >= 15 is 0 Å². The van der Waals surface area contributed by atoms with Crippen LogP contribution in [0.4, 0.5) is 4.79 Å². The largest absolute Gasteiger partial charge is 0.458 e. The van der Waals surface area contributed by atoms with Crippen molar-refractivity contribution in [2.24, 2.45) is 35.5 Å². The van der Waals surface area contributed by atoms with Crippen LogP contribution in [0.5, 0.6) is 0 Å². The van der Waals surface area contributed by atoms with Gasteiger partial charge in [0, 0.05) is 25.2 Å². The summed E-state index contributed by atoms with van der Waals surface area (Å²) in [5.74, 6) is -1.93. The lowest BCUT2D eigenvalue weighted by Crippen LogP contribution is -2.57. The van der Waals surface area contributed by atoms with Crippen LogP contribution in [0, 0.1) is 35.5 Å². The predicted molar refractivity (Wildman–Crippen MR) is 169 cm³/mol. The van der Waals surface area contributed by atoms with Gasteiger partial charge in [-0.15, -0.1) is 0 Å². The van der Waals surface area contributed by atoms with Gasteiger partial charge in [0.25, 0.3) is 0 Å². The smallest absolute Gasteiger partial charge is 0.329 e. The van der Waals surface area contributed by atoms with Gasteiger partial charge in [-0.2, -0.15) is 0 Å². The average molecular weight is 639 g/mol. The Hall–Kier alpha value is -3.37. The average Bonchev–Trinajstić information content (AvgIpc) is 3.80. The van der Waals surface area contributed by atoms with Gasteiger partial charge >= 0.3 is 18.0 Å². The second-order valence-corrected chi connectivity index (χ2v) is 16.1. The molecule has 46 heavy (non-hydrogen) atoms. The molecule has 2 saturated carbocycles. The number of ether oxygens (including phenoxy) is 2. The van der Waals surface area contributed by atoms with E-state index in [1.54, 1.807) is 9.80 Å². The molecule has 0 aromatic rings. The zero-order valence-corrected chi connectivity index (χ0v) is 28.0. The number of carbonyl (C=O) groups excluding carboxylic acids is 5. The Labute approximate surface area is 271 Å². The minimum absolute atomic E-state index is 0.0117. The van der Waals surface area contributed by atoms with E-state index in [0.717, 1.165) is 25.7 Å². The lowest BCUT2D eigenvalue weighted by Gasteiger charge is -2.36. The summed E-state index contributed by atoms with van der Waals surface area (Å²) < 4.78 is 11.3. The van der Waals surface area contributed by atoms with Crippen LogP contribution in [0.1, 0.15) is 80.1 Å². The predicted octanol–water partition coefficient (Wildman–Crippen LogP) is 3.33. The molecule has 0 aromatic carbocycles. The Morgan fingerprint density at radius 2 is 0.978 bits per heavy atom. The molecule has 4 amide bonds. The molecule has 252 valence electrons. The van der Waals surface area contributed by atoms with E-state index in [0.29, 0.717) is 25.9 Å². The number of amides is 4. The van der Waals surface area contributed by atoms with Crippen LogP contribution < -0.4 is 10.6 Å². The van der Waals surface area contributed by atoms with Crippen molar-refractivity contribution in [1.29, 1.82) is 0 Å². The van der Waals surface area contributed by atoms with Crippen LogP contribution in [0.25, 0.3) is 0 Å². The van der Waals surface area contributed by atoms with Crippen molar-refractivity contribution in [3.8, 4) is 0 Å². The highest BCUT2D eigenvalue weighted by Gasteiger charge is 2.54. The molecule has 10 atom stereocenters. The van der Waals surface area contributed by atoms with E-state index in [9.17, 15) is 24.0 Å². The Balaban J connectivity index is 1.13. The van der Waals surface area contributed by atoms with Crippen LogP contribution in [0.3, 0.4) is 0 Å². The number of urea groups is 1. The molecule has 6 aliphatic rings. The van der Waals surface area contributed by atoms with Crippen LogP contribution >= 0.6 is 0 Å². The van der Waals surface area contributed by atoms with Crippen molar-refractivity contribution in [2.75, 3.05) is 13.1 Å². The van der Waals surface area contributed by atoms with Gasteiger partial charge in [-0.25, -0.2) is 14.4 Å². The highest BCUT2D eigenvalue weighted by molar-refractivity contribution is 5.90. The van der Waals surface area contributed by atoms with Crippen molar-refractivity contribution in [3.63, 3.8) is 0 Å². The molecule has 2 aliphatic heterocycles. The monoisotopic (exact) mass is 638 g/mol. The molecule has 4 fully saturated rings. The molecule has 4 aliphatic carbocycles. The summed E-state index contributed by atoms with van der Waals surface area (Å²) in [5, 5.41) is 6.25. The van der Waals surface area contributed by atoms with Crippen molar-refractivity contribution < 1.29 is 33.4 Å². The van der Waals surface area contributed by atoms with Crippen molar-refractivity contribution in [2.45, 2.75) is 115 Å². The molecular weight excluding hydrogens is 588 g/mol. The van der Waals surface area contributed by atoms with Crippen LogP contribution in [0.2, 0.25) is 0 Å². The lowest BCUT2D eigenvalue weighted by atomic mass is 9.86. The van der Waals surface area contributed by atoms with Crippen LogP contribution in [-0.4, -0.2) is 88.0 Å². The molecule has 0 aromatic heterocycles. The zero-order chi connectivity index (χ0) is 33.1. The highest BCUT2D eigenvalue weighted by Crippen LogP contribution is 2.47. The molecule has 11 nitrogen and oxygen atoms in total. The number of carbonyl (C=O) groups is 5. The van der Waals surface area contributed by atoms with Gasteiger partial charge in [-0.05, 0) is 104 Å². The zero-order valence-electron chi connectivity index (χ0n) is 28.0. The number of allylic oxidation sites excluding steroid dienone is 2. The summed E-state index contributed by atoms with van der Waals surface area (Å²) >= 11 is 0. The van der Waals surface area contributed by atoms with Crippen molar-refractivity contribution >= 4 is 29.8 Å². The Bertz CT molecular complexity index is 1230. The second-order valence-electron chi connectivity index (χ2n) is 16.1. The number of nitrogens with zero attached hydrogens (tertiary/aromatic N) is 2. The first-order valence-electron chi connectivity index (χ1n) is 17.1. The lowest BCUT2D eigenvalue weighted by molar-refractivity contribution is -0.164.